The molecule has 1 heterocycles. The van der Waals surface area contributed by atoms with Gasteiger partial charge in [0, 0.05) is 24.5 Å². The van der Waals surface area contributed by atoms with Gasteiger partial charge in [0.2, 0.25) is 5.43 Å². The Morgan fingerprint density at radius 1 is 1.03 bits per heavy atom. The molecular weight excluding hydrogens is 395 g/mol. The number of hydrogen-bond acceptors (Lipinski definition) is 3. The third-order valence-corrected chi connectivity index (χ3v) is 4.97. The van der Waals surface area contributed by atoms with Crippen molar-refractivity contribution in [2.45, 2.75) is 26.9 Å². The molecule has 1 aromatic heterocycles. The molecule has 0 aliphatic rings. The fraction of sp³-hybridized carbons (Fsp3) is 0.227. The first-order valence-electron chi connectivity index (χ1n) is 9.13. The molecule has 8 heteroatoms. The summed E-state index contributed by atoms with van der Waals surface area (Å²) in [5.74, 6) is -0.644. The van der Waals surface area contributed by atoms with E-state index in [1.165, 1.54) is 41.8 Å². The number of rotatable bonds is 3. The molecule has 0 unspecified atom stereocenters. The van der Waals surface area contributed by atoms with Crippen molar-refractivity contribution < 1.29 is 18.0 Å². The van der Waals surface area contributed by atoms with Crippen LogP contribution in [0, 0.1) is 20.8 Å². The minimum Gasteiger partial charge on any atom is -0.310 e. The lowest BCUT2D eigenvalue weighted by atomic mass is 10.1. The largest absolute Gasteiger partial charge is 0.416 e. The Bertz CT molecular complexity index is 1180. The molecular formula is C22H20F3N3O2. The molecule has 0 aliphatic heterocycles. The number of hydrogen-bond donors (Lipinski definition) is 0. The van der Waals surface area contributed by atoms with Crippen molar-refractivity contribution in [2.24, 2.45) is 0 Å². The Kier molecular flexibility index (Phi) is 5.52. The maximum absolute atomic E-state index is 13.1. The summed E-state index contributed by atoms with van der Waals surface area (Å²) in [6.07, 6.45) is -4.52. The summed E-state index contributed by atoms with van der Waals surface area (Å²) in [6.45, 7) is 5.30. The van der Waals surface area contributed by atoms with Crippen LogP contribution in [0.2, 0.25) is 0 Å². The number of aromatic nitrogens is 2. The third kappa shape index (κ3) is 3.98. The molecule has 0 saturated heterocycles. The van der Waals surface area contributed by atoms with Crippen molar-refractivity contribution in [2.75, 3.05) is 11.9 Å². The molecule has 156 valence electrons. The first-order chi connectivity index (χ1) is 14.0. The average Bonchev–Trinajstić information content (AvgIpc) is 2.68. The maximum Gasteiger partial charge on any atom is 0.416 e. The second kappa shape index (κ2) is 7.78. The van der Waals surface area contributed by atoms with Crippen molar-refractivity contribution in [3.63, 3.8) is 0 Å². The molecule has 0 saturated carbocycles. The van der Waals surface area contributed by atoms with Crippen LogP contribution in [0.3, 0.4) is 0 Å². The fourth-order valence-corrected chi connectivity index (χ4v) is 3.14. The van der Waals surface area contributed by atoms with Crippen LogP contribution in [0.1, 0.15) is 32.9 Å². The van der Waals surface area contributed by atoms with Crippen molar-refractivity contribution >= 4 is 11.6 Å². The maximum atomic E-state index is 13.1. The summed E-state index contributed by atoms with van der Waals surface area (Å²) in [5, 5.41) is 4.11. The van der Waals surface area contributed by atoms with Crippen molar-refractivity contribution in [1.29, 1.82) is 0 Å². The lowest BCUT2D eigenvalue weighted by Gasteiger charge is -2.21. The van der Waals surface area contributed by atoms with E-state index in [4.69, 9.17) is 0 Å². The van der Waals surface area contributed by atoms with E-state index in [2.05, 4.69) is 5.10 Å². The van der Waals surface area contributed by atoms with Gasteiger partial charge in [-0.05, 0) is 56.2 Å². The number of benzene rings is 2. The third-order valence-electron chi connectivity index (χ3n) is 4.97. The van der Waals surface area contributed by atoms with E-state index in [0.717, 1.165) is 23.3 Å². The van der Waals surface area contributed by atoms with E-state index >= 15 is 0 Å². The molecule has 3 rings (SSSR count). The van der Waals surface area contributed by atoms with Gasteiger partial charge >= 0.3 is 6.18 Å². The first kappa shape index (κ1) is 21.3. The van der Waals surface area contributed by atoms with Crippen LogP contribution in [-0.4, -0.2) is 22.7 Å². The molecule has 2 aromatic carbocycles. The number of aryl methyl sites for hydroxylation is 2. The van der Waals surface area contributed by atoms with Crippen molar-refractivity contribution in [3.05, 3.63) is 86.8 Å². The molecule has 0 N–H and O–H groups in total. The summed E-state index contributed by atoms with van der Waals surface area (Å²) in [7, 11) is 1.53. The summed E-state index contributed by atoms with van der Waals surface area (Å²) < 4.78 is 40.4. The minimum absolute atomic E-state index is 0.103. The summed E-state index contributed by atoms with van der Waals surface area (Å²) >= 11 is 0. The Labute approximate surface area is 171 Å². The highest BCUT2D eigenvalue weighted by Crippen LogP contribution is 2.30. The predicted molar refractivity (Wildman–Crippen MR) is 108 cm³/mol. The number of carbonyl (C=O) groups is 1. The number of carbonyl (C=O) groups excluding carboxylic acids is 1. The molecule has 5 nitrogen and oxygen atoms in total. The molecule has 0 radical (unpaired) electrons. The van der Waals surface area contributed by atoms with Gasteiger partial charge < -0.3 is 4.90 Å². The average molecular weight is 415 g/mol. The predicted octanol–water partition coefficient (Wildman–Crippen LogP) is 4.45. The van der Waals surface area contributed by atoms with Gasteiger partial charge in [0.05, 0.1) is 11.3 Å². The topological polar surface area (TPSA) is 55.2 Å². The molecule has 1 amide bonds. The second-order valence-electron chi connectivity index (χ2n) is 7.04. The van der Waals surface area contributed by atoms with Crippen LogP contribution < -0.4 is 10.3 Å². The van der Waals surface area contributed by atoms with E-state index in [1.54, 1.807) is 12.1 Å². The van der Waals surface area contributed by atoms with Crippen LogP contribution in [0.4, 0.5) is 18.9 Å². The number of amides is 1. The van der Waals surface area contributed by atoms with E-state index in [0.29, 0.717) is 11.4 Å². The molecule has 3 aromatic rings. The Morgan fingerprint density at radius 2 is 1.70 bits per heavy atom. The zero-order valence-corrected chi connectivity index (χ0v) is 16.9. The molecule has 0 aliphatic carbocycles. The zero-order valence-electron chi connectivity index (χ0n) is 16.9. The van der Waals surface area contributed by atoms with E-state index in [-0.39, 0.29) is 11.4 Å². The normalized spacial score (nSPS) is 11.4. The Hall–Kier alpha value is -3.42. The molecule has 0 atom stereocenters. The van der Waals surface area contributed by atoms with Crippen LogP contribution in [0.5, 0.6) is 0 Å². The van der Waals surface area contributed by atoms with Crippen LogP contribution >= 0.6 is 0 Å². The number of anilines is 1. The Balaban J connectivity index is 2.09. The van der Waals surface area contributed by atoms with Crippen LogP contribution in [0.25, 0.3) is 5.69 Å². The minimum atomic E-state index is -4.52. The SMILES string of the molecule is Cc1cccc(N(C)C(=O)c2nn(-c3cccc(C(F)(F)F)c3)c(C)cc2=O)c1C. The van der Waals surface area contributed by atoms with Gasteiger partial charge in [-0.15, -0.1) is 0 Å². The highest BCUT2D eigenvalue weighted by molar-refractivity contribution is 6.04. The van der Waals surface area contributed by atoms with Crippen molar-refractivity contribution in [1.82, 2.24) is 9.78 Å². The highest BCUT2D eigenvalue weighted by Gasteiger charge is 2.31. The van der Waals surface area contributed by atoms with Crippen LogP contribution in [0.15, 0.2) is 53.3 Å². The summed E-state index contributed by atoms with van der Waals surface area (Å²) in [6, 6.07) is 11.2. The van der Waals surface area contributed by atoms with Crippen molar-refractivity contribution in [3.8, 4) is 5.69 Å². The van der Waals surface area contributed by atoms with E-state index in [9.17, 15) is 22.8 Å². The van der Waals surface area contributed by atoms with Gasteiger partial charge in [-0.25, -0.2) is 4.68 Å². The first-order valence-corrected chi connectivity index (χ1v) is 9.13. The summed E-state index contributed by atoms with van der Waals surface area (Å²) in [4.78, 5) is 26.8. The highest BCUT2D eigenvalue weighted by atomic mass is 19.4. The number of halogens is 3. The van der Waals surface area contributed by atoms with Gasteiger partial charge in [0.1, 0.15) is 0 Å². The Morgan fingerprint density at radius 3 is 2.37 bits per heavy atom. The standard InChI is InChI=1S/C22H20F3N3O2/c1-13-7-5-10-18(15(13)3)27(4)21(30)20-19(29)11-14(2)28(26-20)17-9-6-8-16(12-17)22(23,24)25/h5-12H,1-4H3. The van der Waals surface area contributed by atoms with E-state index < -0.39 is 23.1 Å². The van der Waals surface area contributed by atoms with Gasteiger partial charge in [-0.1, -0.05) is 18.2 Å². The van der Waals surface area contributed by atoms with Crippen LogP contribution in [-0.2, 0) is 6.18 Å². The monoisotopic (exact) mass is 415 g/mol. The van der Waals surface area contributed by atoms with Gasteiger partial charge in [0.25, 0.3) is 5.91 Å². The van der Waals surface area contributed by atoms with E-state index in [1.807, 2.05) is 19.9 Å². The zero-order chi connectivity index (χ0) is 22.2. The lowest BCUT2D eigenvalue weighted by molar-refractivity contribution is -0.137. The number of alkyl halides is 3. The molecule has 0 spiro atoms. The van der Waals surface area contributed by atoms with Gasteiger partial charge in [-0.2, -0.15) is 18.3 Å². The fourth-order valence-electron chi connectivity index (χ4n) is 3.14. The van der Waals surface area contributed by atoms with Gasteiger partial charge in [-0.3, -0.25) is 9.59 Å². The lowest BCUT2D eigenvalue weighted by Crippen LogP contribution is -2.34. The molecule has 0 bridgehead atoms. The number of nitrogens with zero attached hydrogens (tertiary/aromatic N) is 3. The molecule has 0 fully saturated rings. The smallest absolute Gasteiger partial charge is 0.310 e. The molecule has 30 heavy (non-hydrogen) atoms. The van der Waals surface area contributed by atoms with Gasteiger partial charge in [0.15, 0.2) is 5.69 Å². The second-order valence-corrected chi connectivity index (χ2v) is 7.04. The quantitative estimate of drug-likeness (QED) is 0.635. The summed E-state index contributed by atoms with van der Waals surface area (Å²) in [5.41, 5.74) is 1.06.